The lowest BCUT2D eigenvalue weighted by molar-refractivity contribution is -0.132. The van der Waals surface area contributed by atoms with E-state index < -0.39 is 42.3 Å². The highest BCUT2D eigenvalue weighted by atomic mass is 16.2. The fraction of sp³-hybridized carbons (Fsp3) is 0.333. The van der Waals surface area contributed by atoms with E-state index in [4.69, 9.17) is 14.0 Å². The molecule has 1 aromatic heterocycles. The standard InChI is InChI=1S/C15H15N3O3/c1-8-17-11-4-2-3-10(16)14(11)15(21)18(8)12-6-5-9(19)7-13(12)20/h2-4,12H,5-7,16H2,1H3/i2D,5D2,6D2,12D. The van der Waals surface area contributed by atoms with Crippen molar-refractivity contribution in [3.05, 3.63) is 34.4 Å². The number of ketones is 2. The molecule has 1 aliphatic rings. The number of fused-ring (bicyclic) bond motifs is 1. The van der Waals surface area contributed by atoms with Gasteiger partial charge in [0.25, 0.3) is 5.56 Å². The molecule has 0 spiro atoms. The van der Waals surface area contributed by atoms with E-state index >= 15 is 0 Å². The van der Waals surface area contributed by atoms with Crippen LogP contribution in [0.5, 0.6) is 0 Å². The Morgan fingerprint density at radius 2 is 2.24 bits per heavy atom. The van der Waals surface area contributed by atoms with E-state index in [-0.39, 0.29) is 28.5 Å². The minimum absolute atomic E-state index is 0.0179. The molecule has 21 heavy (non-hydrogen) atoms. The fourth-order valence-corrected chi connectivity index (χ4v) is 2.22. The van der Waals surface area contributed by atoms with Gasteiger partial charge in [-0.25, -0.2) is 4.98 Å². The van der Waals surface area contributed by atoms with Crippen LogP contribution in [-0.2, 0) is 9.59 Å². The Kier molecular flexibility index (Phi) is 1.84. The van der Waals surface area contributed by atoms with Crippen molar-refractivity contribution in [2.24, 2.45) is 0 Å². The second kappa shape index (κ2) is 4.80. The Hall–Kier alpha value is -2.50. The first kappa shape index (κ1) is 8.07. The molecule has 2 N–H and O–H groups in total. The molecule has 0 radical (unpaired) electrons. The first-order valence-corrected chi connectivity index (χ1v) is 6.13. The lowest BCUT2D eigenvalue weighted by Gasteiger charge is -2.24. The van der Waals surface area contributed by atoms with Crippen LogP contribution in [0, 0.1) is 6.92 Å². The third-order valence-electron chi connectivity index (χ3n) is 3.16. The molecule has 1 fully saturated rings. The summed E-state index contributed by atoms with van der Waals surface area (Å²) in [6.07, 6.45) is -7.54. The number of benzene rings is 1. The van der Waals surface area contributed by atoms with Gasteiger partial charge in [-0.05, 0) is 25.4 Å². The van der Waals surface area contributed by atoms with Crippen molar-refractivity contribution in [3.63, 3.8) is 0 Å². The lowest BCUT2D eigenvalue weighted by Crippen LogP contribution is -2.36. The van der Waals surface area contributed by atoms with Gasteiger partial charge in [0.05, 0.1) is 26.1 Å². The Morgan fingerprint density at radius 1 is 1.48 bits per heavy atom. The molecule has 0 saturated heterocycles. The van der Waals surface area contributed by atoms with Gasteiger partial charge in [0.2, 0.25) is 0 Å². The molecule has 1 atom stereocenters. The van der Waals surface area contributed by atoms with Crippen LogP contribution in [-0.4, -0.2) is 21.1 Å². The van der Waals surface area contributed by atoms with Crippen LogP contribution in [0.15, 0.2) is 23.0 Å². The monoisotopic (exact) mass is 291 g/mol. The highest BCUT2D eigenvalue weighted by Gasteiger charge is 2.30. The van der Waals surface area contributed by atoms with E-state index in [1.165, 1.54) is 19.1 Å². The second-order valence-electron chi connectivity index (χ2n) is 4.59. The Morgan fingerprint density at radius 3 is 3.00 bits per heavy atom. The molecule has 1 heterocycles. The summed E-state index contributed by atoms with van der Waals surface area (Å²) in [4.78, 5) is 41.5. The van der Waals surface area contributed by atoms with Gasteiger partial charge in [0.15, 0.2) is 5.78 Å². The number of carbonyl (C=O) groups excluding carboxylic acids is 2. The van der Waals surface area contributed by atoms with Crippen LogP contribution in [0.4, 0.5) is 5.69 Å². The second-order valence-corrected chi connectivity index (χ2v) is 4.59. The maximum Gasteiger partial charge on any atom is 0.264 e. The number of hydrogen-bond donors (Lipinski definition) is 1. The summed E-state index contributed by atoms with van der Waals surface area (Å²) in [6.45, 7) is 1.25. The van der Waals surface area contributed by atoms with E-state index in [2.05, 4.69) is 4.98 Å². The van der Waals surface area contributed by atoms with E-state index in [0.29, 0.717) is 4.57 Å². The molecule has 0 amide bonds. The van der Waals surface area contributed by atoms with Crippen LogP contribution in [0.3, 0.4) is 0 Å². The Balaban J connectivity index is 2.45. The van der Waals surface area contributed by atoms with E-state index in [1.54, 1.807) is 0 Å². The lowest BCUT2D eigenvalue weighted by atomic mass is 9.92. The molecule has 6 nitrogen and oxygen atoms in total. The number of aromatic nitrogens is 2. The number of aryl methyl sites for hydroxylation is 1. The molecule has 108 valence electrons. The van der Waals surface area contributed by atoms with E-state index in [9.17, 15) is 14.4 Å². The molecule has 6 heteroatoms. The highest BCUT2D eigenvalue weighted by molar-refractivity contribution is 6.03. The van der Waals surface area contributed by atoms with Gasteiger partial charge in [-0.1, -0.05) is 6.04 Å². The molecule has 1 saturated carbocycles. The molecular weight excluding hydrogens is 270 g/mol. The topological polar surface area (TPSA) is 95.0 Å². The first-order chi connectivity index (χ1) is 12.3. The number of rotatable bonds is 1. The molecule has 2 aromatic rings. The first-order valence-electron chi connectivity index (χ1n) is 9.13. The third kappa shape index (κ3) is 2.12. The molecule has 1 aromatic carbocycles. The van der Waals surface area contributed by atoms with Crippen LogP contribution < -0.4 is 11.3 Å². The number of Topliss-reactive ketones (excluding diaryl/α,β-unsaturated/α-hetero) is 2. The van der Waals surface area contributed by atoms with Gasteiger partial charge < -0.3 is 5.73 Å². The zero-order chi connectivity index (χ0) is 20.5. The van der Waals surface area contributed by atoms with Crippen molar-refractivity contribution < 1.29 is 17.8 Å². The van der Waals surface area contributed by atoms with Crippen LogP contribution in [0.2, 0.25) is 0 Å². The zero-order valence-corrected chi connectivity index (χ0v) is 11.1. The van der Waals surface area contributed by atoms with Crippen molar-refractivity contribution in [2.75, 3.05) is 5.73 Å². The SMILES string of the molecule is [2H]c1cc(N)c2c(=O)n(C3([2H])C(=O)CC(=O)C([2H])([2H])C3([2H])[2H])c(C)nc2c1. The van der Waals surface area contributed by atoms with Crippen LogP contribution >= 0.6 is 0 Å². The van der Waals surface area contributed by atoms with Crippen LogP contribution in [0.25, 0.3) is 10.9 Å². The summed E-state index contributed by atoms with van der Waals surface area (Å²) in [5.74, 6) is -2.79. The van der Waals surface area contributed by atoms with Crippen molar-refractivity contribution in [3.8, 4) is 0 Å². The van der Waals surface area contributed by atoms with E-state index in [0.717, 1.165) is 0 Å². The summed E-state index contributed by atoms with van der Waals surface area (Å²) in [5.41, 5.74) is 4.65. The van der Waals surface area contributed by atoms with Gasteiger partial charge in [-0.2, -0.15) is 0 Å². The van der Waals surface area contributed by atoms with Crippen LogP contribution in [0.1, 0.15) is 39.2 Å². The number of nitrogen functional groups attached to an aromatic ring is 1. The summed E-state index contributed by atoms with van der Waals surface area (Å²) in [6, 6.07) is -0.655. The number of nitrogens with two attached hydrogens (primary N) is 1. The average molecular weight is 291 g/mol. The zero-order valence-electron chi connectivity index (χ0n) is 17.1. The van der Waals surface area contributed by atoms with Crippen molar-refractivity contribution in [1.82, 2.24) is 9.55 Å². The summed E-state index contributed by atoms with van der Waals surface area (Å²) >= 11 is 0. The minimum Gasteiger partial charge on any atom is -0.398 e. The Bertz CT molecular complexity index is 1080. The summed E-state index contributed by atoms with van der Waals surface area (Å²) in [7, 11) is 0. The van der Waals surface area contributed by atoms with Gasteiger partial charge in [0.1, 0.15) is 11.6 Å². The molecule has 0 bridgehead atoms. The third-order valence-corrected chi connectivity index (χ3v) is 3.16. The van der Waals surface area contributed by atoms with Crippen molar-refractivity contribution in [2.45, 2.75) is 32.1 Å². The molecular formula is C15H15N3O3. The fourth-order valence-electron chi connectivity index (χ4n) is 2.22. The van der Waals surface area contributed by atoms with Gasteiger partial charge in [-0.15, -0.1) is 0 Å². The normalized spacial score (nSPS) is 31.7. The van der Waals surface area contributed by atoms with E-state index in [1.807, 2.05) is 0 Å². The summed E-state index contributed by atoms with van der Waals surface area (Å²) in [5, 5.41) is -0.218. The minimum atomic E-state index is -3.35. The maximum absolute atomic E-state index is 13.0. The number of hydrogen-bond acceptors (Lipinski definition) is 5. The Labute approximate surface area is 129 Å². The maximum atomic E-state index is 13.0. The van der Waals surface area contributed by atoms with Gasteiger partial charge in [-0.3, -0.25) is 19.0 Å². The smallest absolute Gasteiger partial charge is 0.264 e. The quantitative estimate of drug-likeness (QED) is 0.628. The van der Waals surface area contributed by atoms with Crippen molar-refractivity contribution >= 4 is 28.2 Å². The molecule has 3 rings (SSSR count). The van der Waals surface area contributed by atoms with Gasteiger partial charge >= 0.3 is 0 Å². The summed E-state index contributed by atoms with van der Waals surface area (Å²) < 4.78 is 48.4. The molecule has 0 aliphatic heterocycles. The highest BCUT2D eigenvalue weighted by Crippen LogP contribution is 2.24. The largest absolute Gasteiger partial charge is 0.398 e. The molecule has 1 aliphatic carbocycles. The van der Waals surface area contributed by atoms with Gasteiger partial charge in [0, 0.05) is 17.5 Å². The molecule has 1 unspecified atom stereocenters. The predicted molar refractivity (Wildman–Crippen MR) is 78.1 cm³/mol. The van der Waals surface area contributed by atoms with Crippen molar-refractivity contribution in [1.29, 1.82) is 0 Å². The average Bonchev–Trinajstić information content (AvgIpc) is 2.51. The number of nitrogens with zero attached hydrogens (tertiary/aromatic N) is 2. The predicted octanol–water partition coefficient (Wildman–Crippen LogP) is 1.15. The number of carbonyl (C=O) groups is 2. The number of anilines is 1.